The Labute approximate surface area is 156 Å². The number of carbonyl (C=O) groups is 1. The molecule has 0 radical (unpaired) electrons. The SMILES string of the molecule is COC(=O)c1csc(S(=O)(=O)N2CCNCC2c2ccccc2OC)c1. The number of benzene rings is 1. The molecule has 1 aliphatic rings. The summed E-state index contributed by atoms with van der Waals surface area (Å²) in [6.45, 7) is 1.37. The van der Waals surface area contributed by atoms with E-state index in [1.165, 1.54) is 22.9 Å². The van der Waals surface area contributed by atoms with Gasteiger partial charge in [-0.05, 0) is 12.1 Å². The number of hydrogen-bond acceptors (Lipinski definition) is 7. The minimum absolute atomic E-state index is 0.125. The van der Waals surface area contributed by atoms with Crippen LogP contribution in [0.25, 0.3) is 0 Å². The highest BCUT2D eigenvalue weighted by Crippen LogP contribution is 2.35. The lowest BCUT2D eigenvalue weighted by Crippen LogP contribution is -2.48. The van der Waals surface area contributed by atoms with Gasteiger partial charge in [0.15, 0.2) is 0 Å². The molecule has 1 N–H and O–H groups in total. The van der Waals surface area contributed by atoms with Crippen molar-refractivity contribution in [1.82, 2.24) is 9.62 Å². The van der Waals surface area contributed by atoms with Crippen molar-refractivity contribution < 1.29 is 22.7 Å². The van der Waals surface area contributed by atoms with E-state index < -0.39 is 22.0 Å². The molecule has 140 valence electrons. The highest BCUT2D eigenvalue weighted by molar-refractivity contribution is 7.91. The summed E-state index contributed by atoms with van der Waals surface area (Å²) in [7, 11) is -0.925. The first kappa shape index (κ1) is 18.8. The van der Waals surface area contributed by atoms with Gasteiger partial charge in [0.2, 0.25) is 0 Å². The quantitative estimate of drug-likeness (QED) is 0.777. The van der Waals surface area contributed by atoms with Gasteiger partial charge in [0.25, 0.3) is 10.0 Å². The second kappa shape index (κ2) is 7.75. The van der Waals surface area contributed by atoms with Gasteiger partial charge in [-0.3, -0.25) is 0 Å². The summed E-state index contributed by atoms with van der Waals surface area (Å²) < 4.78 is 38.1. The van der Waals surface area contributed by atoms with Gasteiger partial charge in [-0.25, -0.2) is 13.2 Å². The summed E-state index contributed by atoms with van der Waals surface area (Å²) in [4.78, 5) is 11.6. The number of para-hydroxylation sites is 1. The van der Waals surface area contributed by atoms with Crippen LogP contribution in [0, 0.1) is 0 Å². The maximum atomic E-state index is 13.2. The van der Waals surface area contributed by atoms with Crippen LogP contribution in [0.5, 0.6) is 5.75 Å². The Bertz CT molecular complexity index is 894. The molecule has 1 saturated heterocycles. The van der Waals surface area contributed by atoms with Crippen LogP contribution in [-0.4, -0.2) is 52.5 Å². The highest BCUT2D eigenvalue weighted by Gasteiger charge is 2.36. The van der Waals surface area contributed by atoms with Gasteiger partial charge in [0.05, 0.1) is 25.8 Å². The van der Waals surface area contributed by atoms with Crippen molar-refractivity contribution in [3.63, 3.8) is 0 Å². The Balaban J connectivity index is 1.99. The second-order valence-electron chi connectivity index (χ2n) is 5.72. The minimum atomic E-state index is -3.76. The predicted octanol–water partition coefficient (Wildman–Crippen LogP) is 1.88. The Morgan fingerprint density at radius 1 is 1.31 bits per heavy atom. The Morgan fingerprint density at radius 2 is 2.08 bits per heavy atom. The van der Waals surface area contributed by atoms with Gasteiger partial charge in [-0.15, -0.1) is 11.3 Å². The van der Waals surface area contributed by atoms with E-state index in [4.69, 9.17) is 4.74 Å². The number of nitrogens with zero attached hydrogens (tertiary/aromatic N) is 1. The molecule has 2 heterocycles. The van der Waals surface area contributed by atoms with Crippen molar-refractivity contribution in [2.45, 2.75) is 10.3 Å². The van der Waals surface area contributed by atoms with Gasteiger partial charge in [-0.1, -0.05) is 18.2 Å². The standard InChI is InChI=1S/C17H20N2O5S2/c1-23-15-6-4-3-5-13(15)14-10-18-7-8-19(14)26(21,22)16-9-12(11-25-16)17(20)24-2/h3-6,9,11,14,18H,7-8,10H2,1-2H3. The molecule has 0 amide bonds. The molecule has 0 bridgehead atoms. The van der Waals surface area contributed by atoms with Gasteiger partial charge < -0.3 is 14.8 Å². The molecule has 1 aromatic heterocycles. The monoisotopic (exact) mass is 396 g/mol. The van der Waals surface area contributed by atoms with Crippen molar-refractivity contribution in [1.29, 1.82) is 0 Å². The number of piperazine rings is 1. The molecule has 0 saturated carbocycles. The first-order chi connectivity index (χ1) is 12.5. The molecule has 1 unspecified atom stereocenters. The number of nitrogens with one attached hydrogen (secondary N) is 1. The van der Waals surface area contributed by atoms with Crippen molar-refractivity contribution in [3.05, 3.63) is 46.8 Å². The van der Waals surface area contributed by atoms with Crippen molar-refractivity contribution in [2.75, 3.05) is 33.9 Å². The number of rotatable bonds is 5. The van der Waals surface area contributed by atoms with E-state index in [-0.39, 0.29) is 9.77 Å². The molecule has 26 heavy (non-hydrogen) atoms. The second-order valence-corrected chi connectivity index (χ2v) is 8.75. The third kappa shape index (κ3) is 3.48. The lowest BCUT2D eigenvalue weighted by molar-refractivity contribution is 0.0601. The number of carbonyl (C=O) groups excluding carboxylic acids is 1. The van der Waals surface area contributed by atoms with E-state index >= 15 is 0 Å². The maximum absolute atomic E-state index is 13.2. The third-order valence-corrected chi connectivity index (χ3v) is 7.57. The van der Waals surface area contributed by atoms with E-state index in [2.05, 4.69) is 10.1 Å². The normalized spacial score (nSPS) is 18.5. The molecule has 1 atom stereocenters. The third-order valence-electron chi connectivity index (χ3n) is 4.25. The zero-order valence-electron chi connectivity index (χ0n) is 14.5. The largest absolute Gasteiger partial charge is 0.496 e. The van der Waals surface area contributed by atoms with E-state index in [9.17, 15) is 13.2 Å². The van der Waals surface area contributed by atoms with E-state index in [1.807, 2.05) is 24.3 Å². The Kier molecular flexibility index (Phi) is 5.61. The molecule has 1 aliphatic heterocycles. The summed E-state index contributed by atoms with van der Waals surface area (Å²) in [5.74, 6) is 0.0899. The van der Waals surface area contributed by atoms with Gasteiger partial charge >= 0.3 is 5.97 Å². The molecule has 1 fully saturated rings. The van der Waals surface area contributed by atoms with E-state index in [0.717, 1.165) is 16.9 Å². The van der Waals surface area contributed by atoms with E-state index in [0.29, 0.717) is 25.4 Å². The molecule has 0 aliphatic carbocycles. The van der Waals surface area contributed by atoms with Crippen LogP contribution in [0.4, 0.5) is 0 Å². The average Bonchev–Trinajstić information content (AvgIpc) is 3.18. The molecule has 3 rings (SSSR count). The molecular weight excluding hydrogens is 376 g/mol. The molecule has 9 heteroatoms. The molecule has 2 aromatic rings. The Morgan fingerprint density at radius 3 is 2.81 bits per heavy atom. The van der Waals surface area contributed by atoms with Crippen LogP contribution < -0.4 is 10.1 Å². The van der Waals surface area contributed by atoms with Crippen molar-refractivity contribution >= 4 is 27.3 Å². The van der Waals surface area contributed by atoms with Gasteiger partial charge in [0, 0.05) is 30.6 Å². The first-order valence-corrected chi connectivity index (χ1v) is 10.3. The van der Waals surface area contributed by atoms with Crippen LogP contribution in [0.1, 0.15) is 22.0 Å². The number of thiophene rings is 1. The van der Waals surface area contributed by atoms with Crippen LogP contribution >= 0.6 is 11.3 Å². The van der Waals surface area contributed by atoms with Crippen LogP contribution in [0.3, 0.4) is 0 Å². The number of ether oxygens (including phenoxy) is 2. The summed E-state index contributed by atoms with van der Waals surface area (Å²) in [5, 5.41) is 4.74. The molecular formula is C17H20N2O5S2. The molecule has 1 aromatic carbocycles. The Hall–Kier alpha value is -1.94. The summed E-state index contributed by atoms with van der Waals surface area (Å²) >= 11 is 1.02. The van der Waals surface area contributed by atoms with Crippen molar-refractivity contribution in [3.8, 4) is 5.75 Å². The van der Waals surface area contributed by atoms with Crippen LogP contribution in [0.15, 0.2) is 39.9 Å². The van der Waals surface area contributed by atoms with E-state index in [1.54, 1.807) is 7.11 Å². The summed E-state index contributed by atoms with van der Waals surface area (Å²) in [5.41, 5.74) is 1.04. The van der Waals surface area contributed by atoms with Crippen LogP contribution in [0.2, 0.25) is 0 Å². The number of esters is 1. The molecule has 7 nitrogen and oxygen atoms in total. The van der Waals surface area contributed by atoms with Gasteiger partial charge in [-0.2, -0.15) is 4.31 Å². The first-order valence-electron chi connectivity index (χ1n) is 8.01. The summed E-state index contributed by atoms with van der Waals surface area (Å²) in [6.07, 6.45) is 0. The predicted molar refractivity (Wildman–Crippen MR) is 98.2 cm³/mol. The minimum Gasteiger partial charge on any atom is -0.496 e. The number of methoxy groups -OCH3 is 2. The molecule has 0 spiro atoms. The fourth-order valence-corrected chi connectivity index (χ4v) is 5.85. The lowest BCUT2D eigenvalue weighted by Gasteiger charge is -2.35. The smallest absolute Gasteiger partial charge is 0.338 e. The maximum Gasteiger partial charge on any atom is 0.338 e. The number of hydrogen-bond donors (Lipinski definition) is 1. The lowest BCUT2D eigenvalue weighted by atomic mass is 10.0. The number of sulfonamides is 1. The zero-order chi connectivity index (χ0) is 18.7. The average molecular weight is 396 g/mol. The summed E-state index contributed by atoms with van der Waals surface area (Å²) in [6, 6.07) is 8.36. The fraction of sp³-hybridized carbons (Fsp3) is 0.353. The van der Waals surface area contributed by atoms with Crippen LogP contribution in [-0.2, 0) is 14.8 Å². The highest BCUT2D eigenvalue weighted by atomic mass is 32.2. The fourth-order valence-electron chi connectivity index (χ4n) is 2.97. The van der Waals surface area contributed by atoms with Gasteiger partial charge in [0.1, 0.15) is 9.96 Å². The topological polar surface area (TPSA) is 84.9 Å². The van der Waals surface area contributed by atoms with Crippen molar-refractivity contribution in [2.24, 2.45) is 0 Å². The zero-order valence-corrected chi connectivity index (χ0v) is 16.1.